The molecule has 0 N–H and O–H groups in total. The average Bonchev–Trinajstić information content (AvgIpc) is 2.18. The van der Waals surface area contributed by atoms with Crippen LogP contribution in [0.5, 0.6) is 0 Å². The Labute approximate surface area is 97.0 Å². The van der Waals surface area contributed by atoms with Crippen LogP contribution >= 0.6 is 0 Å². The molecule has 1 heteroatoms. The van der Waals surface area contributed by atoms with Gasteiger partial charge in [0.1, 0.15) is 0 Å². The first kappa shape index (κ1) is 22.7. The summed E-state index contributed by atoms with van der Waals surface area (Å²) < 4.78 is 0. The Morgan fingerprint density at radius 3 is 0.692 bits per heavy atom. The minimum Gasteiger partial charge on any atom is -0.293 e. The maximum atomic E-state index is 4.78. The Bertz CT molecular complexity index is 96.7. The zero-order chi connectivity index (χ0) is 10.2. The summed E-state index contributed by atoms with van der Waals surface area (Å²) >= 11 is 0. The van der Waals surface area contributed by atoms with Crippen molar-refractivity contribution >= 4 is 0 Å². The molecule has 0 saturated carbocycles. The molecule has 0 aromatic rings. The van der Waals surface area contributed by atoms with Crippen LogP contribution < -0.4 is 0 Å². The van der Waals surface area contributed by atoms with Gasteiger partial charge in [-0.3, -0.25) is 19.7 Å². The third kappa shape index (κ3) is 205. The van der Waals surface area contributed by atoms with Crippen LogP contribution in [0, 0.1) is 19.7 Å². The van der Waals surface area contributed by atoms with Gasteiger partial charge in [-0.1, -0.05) is 0 Å². The normalized spacial score (nSPS) is 4.62. The molecule has 0 aliphatic heterocycles. The standard InChI is InChI=1S/3C4H5.Mo/c3*1-3-4-2;/h3*1,3-4H,2H2;/q3*-1;+3. The van der Waals surface area contributed by atoms with E-state index in [9.17, 15) is 0 Å². The van der Waals surface area contributed by atoms with E-state index in [0.29, 0.717) is 0 Å². The molecule has 0 heterocycles. The summed E-state index contributed by atoms with van der Waals surface area (Å²) in [5, 5.41) is 0. The third-order valence-corrected chi connectivity index (χ3v) is 0.408. The van der Waals surface area contributed by atoms with Gasteiger partial charge in [-0.2, -0.15) is 19.7 Å². The van der Waals surface area contributed by atoms with E-state index in [4.69, 9.17) is 19.7 Å². The van der Waals surface area contributed by atoms with Crippen molar-refractivity contribution in [1.82, 2.24) is 0 Å². The van der Waals surface area contributed by atoms with Gasteiger partial charge in [-0.05, 0) is 0 Å². The van der Waals surface area contributed by atoms with E-state index >= 15 is 0 Å². The SMILES string of the molecule is [CH-]=CC=C.[CH-]=CC=C.[CH-]=CC=C.[Mo+3]. The zero-order valence-electron chi connectivity index (χ0n) is 7.73. The largest absolute Gasteiger partial charge is 3.00 e. The van der Waals surface area contributed by atoms with Crippen LogP contribution in [0.1, 0.15) is 0 Å². The van der Waals surface area contributed by atoms with Gasteiger partial charge in [0.15, 0.2) is 0 Å². The van der Waals surface area contributed by atoms with Crippen molar-refractivity contribution in [3.05, 3.63) is 75.9 Å². The second-order valence-corrected chi connectivity index (χ2v) is 1.28. The zero-order valence-corrected chi connectivity index (χ0v) is 9.73. The molecule has 0 spiro atoms. The summed E-state index contributed by atoms with van der Waals surface area (Å²) in [6, 6.07) is 0. The van der Waals surface area contributed by atoms with Gasteiger partial charge in [0.25, 0.3) is 0 Å². The minimum absolute atomic E-state index is 0. The van der Waals surface area contributed by atoms with Crippen LogP contribution in [0.2, 0.25) is 0 Å². The molecule has 69 valence electrons. The van der Waals surface area contributed by atoms with Crippen molar-refractivity contribution in [1.29, 1.82) is 0 Å². The summed E-state index contributed by atoms with van der Waals surface area (Å²) in [5.74, 6) is 0. The van der Waals surface area contributed by atoms with Crippen molar-refractivity contribution < 1.29 is 21.1 Å². The molecule has 1 radical (unpaired) electrons. The summed E-state index contributed by atoms with van der Waals surface area (Å²) in [4.78, 5) is 0. The fourth-order valence-electron chi connectivity index (χ4n) is 0. The Balaban J connectivity index is -0.0000000450. The second kappa shape index (κ2) is 43.4. The van der Waals surface area contributed by atoms with Crippen molar-refractivity contribution in [3.63, 3.8) is 0 Å². The number of rotatable bonds is 3. The van der Waals surface area contributed by atoms with Crippen LogP contribution in [0.15, 0.2) is 56.2 Å². The van der Waals surface area contributed by atoms with Gasteiger partial charge in [0.05, 0.1) is 0 Å². The van der Waals surface area contributed by atoms with Crippen LogP contribution in [0.4, 0.5) is 0 Å². The van der Waals surface area contributed by atoms with Crippen LogP contribution in [-0.2, 0) is 21.1 Å². The van der Waals surface area contributed by atoms with Crippen LogP contribution in [0.25, 0.3) is 0 Å². The maximum Gasteiger partial charge on any atom is 3.00 e. The summed E-state index contributed by atoms with van der Waals surface area (Å²) in [6.07, 6.45) is 8.75. The van der Waals surface area contributed by atoms with Crippen molar-refractivity contribution in [2.75, 3.05) is 0 Å². The van der Waals surface area contributed by atoms with Gasteiger partial charge >= 0.3 is 21.1 Å². The minimum atomic E-state index is 0. The van der Waals surface area contributed by atoms with Gasteiger partial charge in [0.2, 0.25) is 0 Å². The van der Waals surface area contributed by atoms with Crippen molar-refractivity contribution in [2.45, 2.75) is 0 Å². The Kier molecular flexibility index (Phi) is 75.9. The molecule has 0 aliphatic rings. The number of allylic oxidation sites excluding steroid dienone is 6. The summed E-state index contributed by atoms with van der Waals surface area (Å²) in [7, 11) is 0. The number of hydrogen-bond donors (Lipinski definition) is 0. The summed E-state index contributed by atoms with van der Waals surface area (Å²) in [6.45, 7) is 24.2. The molecule has 0 saturated heterocycles. The molecule has 0 aromatic carbocycles. The molecule has 0 nitrogen and oxygen atoms in total. The topological polar surface area (TPSA) is 0 Å². The third-order valence-electron chi connectivity index (χ3n) is 0.408. The predicted octanol–water partition coefficient (Wildman–Crippen LogP) is 3.48. The summed E-state index contributed by atoms with van der Waals surface area (Å²) in [5.41, 5.74) is 0. The molecule has 0 unspecified atom stereocenters. The molecule has 0 aliphatic carbocycles. The molecule has 0 rings (SSSR count). The monoisotopic (exact) mass is 257 g/mol. The van der Waals surface area contributed by atoms with Gasteiger partial charge in [0, 0.05) is 0 Å². The Morgan fingerprint density at radius 2 is 0.692 bits per heavy atom. The van der Waals surface area contributed by atoms with Gasteiger partial charge in [-0.25, -0.2) is 36.5 Å². The van der Waals surface area contributed by atoms with Crippen molar-refractivity contribution in [2.24, 2.45) is 0 Å². The fraction of sp³-hybridized carbons (Fsp3) is 0. The van der Waals surface area contributed by atoms with E-state index in [1.54, 1.807) is 0 Å². The smallest absolute Gasteiger partial charge is 0.293 e. The van der Waals surface area contributed by atoms with E-state index in [2.05, 4.69) is 19.7 Å². The Hall–Kier alpha value is -0.872. The molecule has 0 amide bonds. The quantitative estimate of drug-likeness (QED) is 0.411. The van der Waals surface area contributed by atoms with E-state index in [-0.39, 0.29) is 21.1 Å². The fourth-order valence-corrected chi connectivity index (χ4v) is 0. The first-order valence-electron chi connectivity index (χ1n) is 3.22. The Morgan fingerprint density at radius 1 is 0.615 bits per heavy atom. The van der Waals surface area contributed by atoms with E-state index in [1.165, 1.54) is 36.5 Å². The molecular weight excluding hydrogens is 240 g/mol. The van der Waals surface area contributed by atoms with E-state index < -0.39 is 0 Å². The molecule has 0 atom stereocenters. The molecular formula is C12H15Mo. The van der Waals surface area contributed by atoms with Gasteiger partial charge < -0.3 is 0 Å². The van der Waals surface area contributed by atoms with E-state index in [0.717, 1.165) is 0 Å². The predicted molar refractivity (Wildman–Crippen MR) is 57.2 cm³/mol. The second-order valence-electron chi connectivity index (χ2n) is 1.28. The first-order chi connectivity index (χ1) is 5.74. The van der Waals surface area contributed by atoms with Crippen LogP contribution in [0.3, 0.4) is 0 Å². The van der Waals surface area contributed by atoms with E-state index in [1.807, 2.05) is 0 Å². The molecule has 0 fully saturated rings. The van der Waals surface area contributed by atoms with Crippen molar-refractivity contribution in [3.8, 4) is 0 Å². The molecule has 0 aromatic heterocycles. The first-order valence-corrected chi connectivity index (χ1v) is 3.22. The molecule has 13 heavy (non-hydrogen) atoms. The maximum absolute atomic E-state index is 4.78. The van der Waals surface area contributed by atoms with Gasteiger partial charge in [-0.15, -0.1) is 0 Å². The number of hydrogen-bond acceptors (Lipinski definition) is 0. The average molecular weight is 255 g/mol. The van der Waals surface area contributed by atoms with Crippen LogP contribution in [-0.4, -0.2) is 0 Å². The molecule has 0 bridgehead atoms.